The van der Waals surface area contributed by atoms with Gasteiger partial charge in [0.05, 0.1) is 23.1 Å². The topological polar surface area (TPSA) is 63.6 Å². The van der Waals surface area contributed by atoms with Crippen molar-refractivity contribution in [2.75, 3.05) is 6.61 Å². The third kappa shape index (κ3) is 3.02. The van der Waals surface area contributed by atoms with Crippen molar-refractivity contribution in [3.05, 3.63) is 41.0 Å². The maximum Gasteiger partial charge on any atom is 0.333 e. The molecule has 0 bridgehead atoms. The average molecular weight is 295 g/mol. The molecular weight excluding hydrogens is 280 g/mol. The molecule has 0 saturated carbocycles. The molecule has 1 heterocycles. The molecule has 0 spiro atoms. The Morgan fingerprint density at radius 3 is 2.70 bits per heavy atom. The summed E-state index contributed by atoms with van der Waals surface area (Å²) < 4.78 is 4.86. The van der Waals surface area contributed by atoms with Crippen LogP contribution < -0.4 is 0 Å². The van der Waals surface area contributed by atoms with E-state index in [-0.39, 0.29) is 23.0 Å². The largest absolute Gasteiger partial charge is 0.478 e. The molecule has 1 atom stereocenters. The van der Waals surface area contributed by atoms with Crippen LogP contribution in [0.3, 0.4) is 0 Å². The third-order valence-corrected chi connectivity index (χ3v) is 3.83. The van der Waals surface area contributed by atoms with Crippen LogP contribution in [-0.4, -0.2) is 23.7 Å². The number of rotatable bonds is 4. The standard InChI is InChI=1S/C15H15ClO4/c1-9-4-2-3-5-11(9)13(16)12(14(17)18)8-10-6-7-20-15(10)19/h2-5,10H,6-8H2,1H3,(H,17,18)/b13-12-. The van der Waals surface area contributed by atoms with Crippen LogP contribution in [0.5, 0.6) is 0 Å². The number of hydrogen-bond donors (Lipinski definition) is 1. The van der Waals surface area contributed by atoms with Crippen molar-refractivity contribution in [2.24, 2.45) is 5.92 Å². The first-order chi connectivity index (χ1) is 9.50. The van der Waals surface area contributed by atoms with E-state index in [0.29, 0.717) is 18.6 Å². The average Bonchev–Trinajstić information content (AvgIpc) is 2.81. The summed E-state index contributed by atoms with van der Waals surface area (Å²) in [6.45, 7) is 2.21. The van der Waals surface area contributed by atoms with E-state index in [1.165, 1.54) is 0 Å². The van der Waals surface area contributed by atoms with E-state index < -0.39 is 11.9 Å². The first-order valence-corrected chi connectivity index (χ1v) is 6.73. The van der Waals surface area contributed by atoms with Gasteiger partial charge < -0.3 is 9.84 Å². The molecule has 1 saturated heterocycles. The Morgan fingerprint density at radius 2 is 2.15 bits per heavy atom. The van der Waals surface area contributed by atoms with Crippen LogP contribution in [0.1, 0.15) is 24.0 Å². The van der Waals surface area contributed by atoms with Crippen LogP contribution in [0.2, 0.25) is 0 Å². The molecule has 0 amide bonds. The fraction of sp³-hybridized carbons (Fsp3) is 0.333. The lowest BCUT2D eigenvalue weighted by Crippen LogP contribution is -2.13. The van der Waals surface area contributed by atoms with Crippen molar-refractivity contribution in [1.82, 2.24) is 0 Å². The van der Waals surface area contributed by atoms with E-state index in [1.54, 1.807) is 12.1 Å². The monoisotopic (exact) mass is 294 g/mol. The molecule has 0 radical (unpaired) electrons. The van der Waals surface area contributed by atoms with Crippen LogP contribution in [0, 0.1) is 12.8 Å². The number of ether oxygens (including phenoxy) is 1. The van der Waals surface area contributed by atoms with Crippen molar-refractivity contribution >= 4 is 28.6 Å². The van der Waals surface area contributed by atoms with E-state index in [1.807, 2.05) is 19.1 Å². The molecule has 5 heteroatoms. The Balaban J connectivity index is 2.36. The summed E-state index contributed by atoms with van der Waals surface area (Å²) in [7, 11) is 0. The molecule has 1 aliphatic rings. The lowest BCUT2D eigenvalue weighted by atomic mass is 9.95. The summed E-state index contributed by atoms with van der Waals surface area (Å²) in [5.74, 6) is -1.87. The highest BCUT2D eigenvalue weighted by Gasteiger charge is 2.30. The molecule has 1 fully saturated rings. The second-order valence-electron chi connectivity index (χ2n) is 4.77. The maximum atomic E-state index is 11.5. The number of aliphatic carboxylic acids is 1. The Kier molecular flexibility index (Phi) is 4.45. The molecule has 1 unspecified atom stereocenters. The van der Waals surface area contributed by atoms with Crippen molar-refractivity contribution in [2.45, 2.75) is 19.8 Å². The zero-order valence-electron chi connectivity index (χ0n) is 11.1. The molecule has 0 aliphatic carbocycles. The van der Waals surface area contributed by atoms with Gasteiger partial charge in [0.25, 0.3) is 0 Å². The Morgan fingerprint density at radius 1 is 1.45 bits per heavy atom. The predicted molar refractivity (Wildman–Crippen MR) is 75.3 cm³/mol. The number of hydrogen-bond acceptors (Lipinski definition) is 3. The van der Waals surface area contributed by atoms with Crippen LogP contribution in [0.15, 0.2) is 29.8 Å². The number of aryl methyl sites for hydroxylation is 1. The van der Waals surface area contributed by atoms with E-state index in [2.05, 4.69) is 0 Å². The van der Waals surface area contributed by atoms with Gasteiger partial charge in [-0.1, -0.05) is 35.9 Å². The predicted octanol–water partition coefficient (Wildman–Crippen LogP) is 2.98. The molecule has 1 aromatic rings. The molecule has 1 N–H and O–H groups in total. The second kappa shape index (κ2) is 6.09. The van der Waals surface area contributed by atoms with Gasteiger partial charge in [-0.15, -0.1) is 0 Å². The Labute approximate surface area is 122 Å². The molecule has 106 valence electrons. The van der Waals surface area contributed by atoms with Crippen molar-refractivity contribution in [3.63, 3.8) is 0 Å². The lowest BCUT2D eigenvalue weighted by Gasteiger charge is -2.11. The number of carbonyl (C=O) groups is 2. The quantitative estimate of drug-likeness (QED) is 0.685. The number of esters is 1. The van der Waals surface area contributed by atoms with Crippen molar-refractivity contribution in [1.29, 1.82) is 0 Å². The van der Waals surface area contributed by atoms with Gasteiger partial charge in [-0.2, -0.15) is 0 Å². The third-order valence-electron chi connectivity index (χ3n) is 3.40. The van der Waals surface area contributed by atoms with E-state index in [0.717, 1.165) is 5.56 Å². The van der Waals surface area contributed by atoms with Crippen LogP contribution >= 0.6 is 11.6 Å². The first-order valence-electron chi connectivity index (χ1n) is 6.35. The highest BCUT2D eigenvalue weighted by atomic mass is 35.5. The SMILES string of the molecule is Cc1ccccc1/C(Cl)=C(\CC1CCOC1=O)C(=O)O. The minimum absolute atomic E-state index is 0.0600. The molecular formula is C15H15ClO4. The zero-order chi connectivity index (χ0) is 14.7. The number of cyclic esters (lactones) is 1. The smallest absolute Gasteiger partial charge is 0.333 e. The van der Waals surface area contributed by atoms with Gasteiger partial charge in [0.2, 0.25) is 0 Å². The van der Waals surface area contributed by atoms with Crippen LogP contribution in [0.25, 0.3) is 5.03 Å². The summed E-state index contributed by atoms with van der Waals surface area (Å²) in [6, 6.07) is 7.29. The molecule has 1 aliphatic heterocycles. The first kappa shape index (κ1) is 14.6. The fourth-order valence-electron chi connectivity index (χ4n) is 2.22. The van der Waals surface area contributed by atoms with E-state index >= 15 is 0 Å². The normalized spacial score (nSPS) is 19.5. The van der Waals surface area contributed by atoms with Crippen LogP contribution in [0.4, 0.5) is 0 Å². The molecule has 20 heavy (non-hydrogen) atoms. The number of benzene rings is 1. The van der Waals surface area contributed by atoms with Gasteiger partial charge in [-0.3, -0.25) is 4.79 Å². The van der Waals surface area contributed by atoms with E-state index in [9.17, 15) is 14.7 Å². The summed E-state index contributed by atoms with van der Waals surface area (Å²) in [6.07, 6.45) is 0.634. The minimum Gasteiger partial charge on any atom is -0.478 e. The Hall–Kier alpha value is -1.81. The van der Waals surface area contributed by atoms with Crippen molar-refractivity contribution in [3.8, 4) is 0 Å². The van der Waals surface area contributed by atoms with Gasteiger partial charge in [0.15, 0.2) is 0 Å². The van der Waals surface area contributed by atoms with Crippen LogP contribution in [-0.2, 0) is 14.3 Å². The molecule has 2 rings (SSSR count). The number of carbonyl (C=O) groups excluding carboxylic acids is 1. The second-order valence-corrected chi connectivity index (χ2v) is 5.15. The highest BCUT2D eigenvalue weighted by molar-refractivity contribution is 6.51. The van der Waals surface area contributed by atoms with Crippen molar-refractivity contribution < 1.29 is 19.4 Å². The van der Waals surface area contributed by atoms with Gasteiger partial charge in [0, 0.05) is 0 Å². The van der Waals surface area contributed by atoms with Gasteiger partial charge in [0.1, 0.15) is 0 Å². The minimum atomic E-state index is -1.10. The van der Waals surface area contributed by atoms with Gasteiger partial charge in [-0.25, -0.2) is 4.79 Å². The summed E-state index contributed by atoms with van der Waals surface area (Å²) in [5, 5.41) is 9.54. The zero-order valence-corrected chi connectivity index (χ0v) is 11.8. The molecule has 1 aromatic carbocycles. The number of carboxylic acids is 1. The highest BCUT2D eigenvalue weighted by Crippen LogP contribution is 2.31. The van der Waals surface area contributed by atoms with Gasteiger partial charge in [-0.05, 0) is 30.9 Å². The summed E-state index contributed by atoms with van der Waals surface area (Å²) >= 11 is 6.25. The number of carboxylic acid groups (broad SMARTS) is 1. The lowest BCUT2D eigenvalue weighted by molar-refractivity contribution is -0.141. The number of halogens is 1. The Bertz CT molecular complexity index is 577. The molecule has 4 nitrogen and oxygen atoms in total. The summed E-state index contributed by atoms with van der Waals surface area (Å²) in [4.78, 5) is 22.9. The molecule has 0 aromatic heterocycles. The van der Waals surface area contributed by atoms with E-state index in [4.69, 9.17) is 16.3 Å². The van der Waals surface area contributed by atoms with Gasteiger partial charge >= 0.3 is 11.9 Å². The summed E-state index contributed by atoms with van der Waals surface area (Å²) in [5.41, 5.74) is 1.63. The maximum absolute atomic E-state index is 11.5. The fourth-order valence-corrected chi connectivity index (χ4v) is 2.59.